The number of ether oxygens (including phenoxy) is 2. The molecule has 2 rings (SSSR count). The lowest BCUT2D eigenvalue weighted by molar-refractivity contribution is -0.124. The van der Waals surface area contributed by atoms with E-state index >= 15 is 0 Å². The summed E-state index contributed by atoms with van der Waals surface area (Å²) in [5.41, 5.74) is 0.382. The van der Waals surface area contributed by atoms with E-state index in [-0.39, 0.29) is 18.6 Å². The second-order valence-electron chi connectivity index (χ2n) is 4.84. The number of esters is 1. The first kappa shape index (κ1) is 17.0. The Balaban J connectivity index is 1.80. The molecule has 1 heterocycles. The van der Waals surface area contributed by atoms with Crippen molar-refractivity contribution in [3.05, 3.63) is 52.2 Å². The van der Waals surface area contributed by atoms with Crippen molar-refractivity contribution in [1.82, 2.24) is 5.32 Å². The third kappa shape index (κ3) is 5.10. The van der Waals surface area contributed by atoms with Crippen LogP contribution in [-0.4, -0.2) is 25.1 Å². The summed E-state index contributed by atoms with van der Waals surface area (Å²) in [5.74, 6) is -0.177. The van der Waals surface area contributed by atoms with Crippen LogP contribution in [0.3, 0.4) is 0 Å². The molecule has 122 valence electrons. The van der Waals surface area contributed by atoms with Crippen molar-refractivity contribution in [2.75, 3.05) is 13.2 Å². The molecule has 1 aromatic heterocycles. The number of rotatable bonds is 7. The van der Waals surface area contributed by atoms with Crippen LogP contribution in [0.15, 0.2) is 41.8 Å². The molecule has 1 N–H and O–H groups in total. The van der Waals surface area contributed by atoms with Crippen molar-refractivity contribution in [2.45, 2.75) is 19.9 Å². The monoisotopic (exact) mass is 333 g/mol. The Morgan fingerprint density at radius 1 is 1.22 bits per heavy atom. The molecule has 0 radical (unpaired) electrons. The third-order valence-electron chi connectivity index (χ3n) is 3.08. The fourth-order valence-corrected chi connectivity index (χ4v) is 2.69. The number of thiophene rings is 1. The predicted molar refractivity (Wildman–Crippen MR) is 88.8 cm³/mol. The zero-order valence-corrected chi connectivity index (χ0v) is 13.9. The van der Waals surface area contributed by atoms with Gasteiger partial charge in [-0.3, -0.25) is 4.79 Å². The van der Waals surface area contributed by atoms with Crippen molar-refractivity contribution >= 4 is 23.2 Å². The summed E-state index contributed by atoms with van der Waals surface area (Å²) in [4.78, 5) is 24.8. The number of carbonyl (C=O) groups excluding carboxylic acids is 2. The van der Waals surface area contributed by atoms with Crippen LogP contribution in [0.1, 0.15) is 35.1 Å². The second kappa shape index (κ2) is 8.33. The Bertz CT molecular complexity index is 637. The van der Waals surface area contributed by atoms with Gasteiger partial charge in [-0.15, -0.1) is 11.3 Å². The van der Waals surface area contributed by atoms with Gasteiger partial charge < -0.3 is 14.8 Å². The summed E-state index contributed by atoms with van der Waals surface area (Å²) >= 11 is 1.57. The minimum absolute atomic E-state index is 0.105. The van der Waals surface area contributed by atoms with Crippen molar-refractivity contribution in [3.8, 4) is 5.75 Å². The minimum Gasteiger partial charge on any atom is -0.494 e. The molecule has 2 aromatic rings. The molecule has 0 spiro atoms. The van der Waals surface area contributed by atoms with Crippen molar-refractivity contribution in [1.29, 1.82) is 0 Å². The Morgan fingerprint density at radius 2 is 1.96 bits per heavy atom. The molecule has 0 fully saturated rings. The van der Waals surface area contributed by atoms with E-state index in [0.717, 1.165) is 4.88 Å². The normalized spacial score (nSPS) is 11.6. The molecule has 0 saturated heterocycles. The average molecular weight is 333 g/mol. The molecule has 0 bridgehead atoms. The van der Waals surface area contributed by atoms with Crippen LogP contribution in [0.25, 0.3) is 0 Å². The van der Waals surface area contributed by atoms with E-state index in [1.807, 2.05) is 31.4 Å². The molecule has 1 amide bonds. The molecule has 6 heteroatoms. The van der Waals surface area contributed by atoms with Gasteiger partial charge in [0.15, 0.2) is 6.61 Å². The van der Waals surface area contributed by atoms with Gasteiger partial charge in [-0.05, 0) is 49.6 Å². The summed E-state index contributed by atoms with van der Waals surface area (Å²) in [6, 6.07) is 10.4. The Morgan fingerprint density at radius 3 is 2.57 bits per heavy atom. The van der Waals surface area contributed by atoms with E-state index in [1.165, 1.54) is 0 Å². The first-order valence-electron chi connectivity index (χ1n) is 7.33. The van der Waals surface area contributed by atoms with Crippen LogP contribution >= 0.6 is 11.3 Å². The van der Waals surface area contributed by atoms with Gasteiger partial charge in [-0.2, -0.15) is 0 Å². The smallest absolute Gasteiger partial charge is 0.338 e. The maximum atomic E-state index is 11.9. The van der Waals surface area contributed by atoms with Gasteiger partial charge in [0.2, 0.25) is 0 Å². The number of carbonyl (C=O) groups is 2. The van der Waals surface area contributed by atoms with Gasteiger partial charge >= 0.3 is 5.97 Å². The number of nitrogens with one attached hydrogen (secondary N) is 1. The van der Waals surface area contributed by atoms with E-state index in [2.05, 4.69) is 5.32 Å². The second-order valence-corrected chi connectivity index (χ2v) is 5.82. The van der Waals surface area contributed by atoms with E-state index in [1.54, 1.807) is 35.6 Å². The van der Waals surface area contributed by atoms with Gasteiger partial charge in [0, 0.05) is 4.88 Å². The first-order chi connectivity index (χ1) is 11.1. The number of amides is 1. The highest BCUT2D eigenvalue weighted by atomic mass is 32.1. The topological polar surface area (TPSA) is 64.6 Å². The molecule has 5 nitrogen and oxygen atoms in total. The summed E-state index contributed by atoms with van der Waals surface area (Å²) < 4.78 is 10.3. The van der Waals surface area contributed by atoms with Crippen molar-refractivity contribution in [3.63, 3.8) is 0 Å². The highest BCUT2D eigenvalue weighted by Gasteiger charge is 2.13. The molecule has 0 aliphatic carbocycles. The zero-order chi connectivity index (χ0) is 16.7. The van der Waals surface area contributed by atoms with Crippen LogP contribution < -0.4 is 10.1 Å². The maximum Gasteiger partial charge on any atom is 0.338 e. The van der Waals surface area contributed by atoms with Gasteiger partial charge in [-0.1, -0.05) is 6.07 Å². The Kier molecular flexibility index (Phi) is 6.17. The molecule has 1 unspecified atom stereocenters. The molecule has 1 atom stereocenters. The molecule has 0 saturated carbocycles. The van der Waals surface area contributed by atoms with Crippen molar-refractivity contribution < 1.29 is 19.1 Å². The maximum absolute atomic E-state index is 11.9. The summed E-state index contributed by atoms with van der Waals surface area (Å²) in [5, 5.41) is 4.74. The predicted octanol–water partition coefficient (Wildman–Crippen LogP) is 3.18. The lowest BCUT2D eigenvalue weighted by Gasteiger charge is -2.12. The van der Waals surface area contributed by atoms with Gasteiger partial charge in [0.25, 0.3) is 5.91 Å². The SMILES string of the molecule is CCOc1ccc(C(=O)OCC(=O)NC(C)c2cccs2)cc1. The highest BCUT2D eigenvalue weighted by Crippen LogP contribution is 2.18. The average Bonchev–Trinajstić information content (AvgIpc) is 3.08. The highest BCUT2D eigenvalue weighted by molar-refractivity contribution is 7.10. The number of benzene rings is 1. The quantitative estimate of drug-likeness (QED) is 0.791. The van der Waals surface area contributed by atoms with Gasteiger partial charge in [-0.25, -0.2) is 4.79 Å². The largest absolute Gasteiger partial charge is 0.494 e. The molecule has 0 aliphatic rings. The summed E-state index contributed by atoms with van der Waals surface area (Å²) in [6.07, 6.45) is 0. The van der Waals surface area contributed by atoms with E-state index in [4.69, 9.17) is 9.47 Å². The molecule has 1 aromatic carbocycles. The van der Waals surface area contributed by atoms with E-state index in [0.29, 0.717) is 17.9 Å². The van der Waals surface area contributed by atoms with Crippen LogP contribution in [0.5, 0.6) is 5.75 Å². The summed E-state index contributed by atoms with van der Waals surface area (Å²) in [7, 11) is 0. The molecular weight excluding hydrogens is 314 g/mol. The Labute approximate surface area is 139 Å². The Hall–Kier alpha value is -2.34. The number of hydrogen-bond donors (Lipinski definition) is 1. The van der Waals surface area contributed by atoms with E-state index in [9.17, 15) is 9.59 Å². The molecule has 23 heavy (non-hydrogen) atoms. The fourth-order valence-electron chi connectivity index (χ4n) is 1.96. The van der Waals surface area contributed by atoms with Crippen LogP contribution in [0.4, 0.5) is 0 Å². The van der Waals surface area contributed by atoms with Gasteiger partial charge in [0.1, 0.15) is 5.75 Å². The van der Waals surface area contributed by atoms with Gasteiger partial charge in [0.05, 0.1) is 18.2 Å². The number of hydrogen-bond acceptors (Lipinski definition) is 5. The lowest BCUT2D eigenvalue weighted by Crippen LogP contribution is -2.30. The standard InChI is InChI=1S/C17H19NO4S/c1-3-21-14-8-6-13(7-9-14)17(20)22-11-16(19)18-12(2)15-5-4-10-23-15/h4-10,12H,3,11H2,1-2H3,(H,18,19). The van der Waals surface area contributed by atoms with E-state index < -0.39 is 5.97 Å². The summed E-state index contributed by atoms with van der Waals surface area (Å²) in [6.45, 7) is 4.03. The minimum atomic E-state index is -0.535. The molecule has 0 aliphatic heterocycles. The first-order valence-corrected chi connectivity index (χ1v) is 8.21. The zero-order valence-electron chi connectivity index (χ0n) is 13.1. The van der Waals surface area contributed by atoms with Crippen LogP contribution in [0.2, 0.25) is 0 Å². The van der Waals surface area contributed by atoms with Crippen LogP contribution in [-0.2, 0) is 9.53 Å². The van der Waals surface area contributed by atoms with Crippen LogP contribution in [0, 0.1) is 0 Å². The fraction of sp³-hybridized carbons (Fsp3) is 0.294. The van der Waals surface area contributed by atoms with Crippen molar-refractivity contribution in [2.24, 2.45) is 0 Å². The lowest BCUT2D eigenvalue weighted by atomic mass is 10.2. The molecular formula is C17H19NO4S. The third-order valence-corrected chi connectivity index (χ3v) is 4.14.